The van der Waals surface area contributed by atoms with Gasteiger partial charge >= 0.3 is 6.09 Å². The van der Waals surface area contributed by atoms with Crippen LogP contribution in [0, 0.1) is 0 Å². The highest BCUT2D eigenvalue weighted by atomic mass is 16.6. The number of benzene rings is 1. The molecule has 6 heteroatoms. The van der Waals surface area contributed by atoms with E-state index in [0.717, 1.165) is 22.0 Å². The van der Waals surface area contributed by atoms with Gasteiger partial charge in [0.05, 0.1) is 10.9 Å². The molecule has 0 atom stereocenters. The number of amides is 1. The minimum Gasteiger partial charge on any atom is -0.444 e. The number of H-pyrrole nitrogens is 1. The fraction of sp³-hybridized carbons (Fsp3) is 0.222. The van der Waals surface area contributed by atoms with E-state index in [1.54, 1.807) is 6.20 Å². The Labute approximate surface area is 140 Å². The van der Waals surface area contributed by atoms with E-state index in [9.17, 15) is 4.79 Å². The molecular formula is C18H20N4O2. The summed E-state index contributed by atoms with van der Waals surface area (Å²) in [4.78, 5) is 19.6. The van der Waals surface area contributed by atoms with Crippen molar-refractivity contribution in [2.75, 3.05) is 11.1 Å². The first-order valence-electron chi connectivity index (χ1n) is 7.65. The molecule has 4 N–H and O–H groups in total. The number of nitrogens with zero attached hydrogens (tertiary/aromatic N) is 1. The molecule has 2 aromatic heterocycles. The lowest BCUT2D eigenvalue weighted by atomic mass is 10.0. The molecule has 24 heavy (non-hydrogen) atoms. The molecule has 0 spiro atoms. The van der Waals surface area contributed by atoms with E-state index in [4.69, 9.17) is 10.5 Å². The van der Waals surface area contributed by atoms with E-state index in [2.05, 4.69) is 15.3 Å². The average Bonchev–Trinajstić information content (AvgIpc) is 2.91. The van der Waals surface area contributed by atoms with Gasteiger partial charge in [-0.25, -0.2) is 9.78 Å². The summed E-state index contributed by atoms with van der Waals surface area (Å²) in [5.41, 5.74) is 8.67. The van der Waals surface area contributed by atoms with Gasteiger partial charge in [-0.2, -0.15) is 0 Å². The first-order valence-corrected chi connectivity index (χ1v) is 7.65. The number of nitrogens with two attached hydrogens (primary N) is 1. The third kappa shape index (κ3) is 3.32. The topological polar surface area (TPSA) is 93.0 Å². The Morgan fingerprint density at radius 2 is 1.92 bits per heavy atom. The summed E-state index contributed by atoms with van der Waals surface area (Å²) in [7, 11) is 0. The first kappa shape index (κ1) is 15.9. The molecule has 0 radical (unpaired) electrons. The molecule has 0 fully saturated rings. The minimum atomic E-state index is -0.573. The Balaban J connectivity index is 2.01. The van der Waals surface area contributed by atoms with Gasteiger partial charge in [-0.05, 0) is 44.5 Å². The second-order valence-corrected chi connectivity index (χ2v) is 6.53. The van der Waals surface area contributed by atoms with Crippen molar-refractivity contribution in [3.05, 3.63) is 42.7 Å². The zero-order valence-corrected chi connectivity index (χ0v) is 13.9. The number of aromatic amines is 1. The zero-order valence-electron chi connectivity index (χ0n) is 13.9. The number of pyridine rings is 1. The summed E-state index contributed by atoms with van der Waals surface area (Å²) < 4.78 is 5.31. The lowest BCUT2D eigenvalue weighted by molar-refractivity contribution is 0.0635. The number of hydrogen-bond donors (Lipinski definition) is 3. The Morgan fingerprint density at radius 1 is 1.21 bits per heavy atom. The SMILES string of the molecule is CC(C)(C)OC(=O)Nc1nccc2[nH]cc(-c3ccc(N)cc3)c12. The van der Waals surface area contributed by atoms with Crippen molar-refractivity contribution in [2.24, 2.45) is 0 Å². The van der Waals surface area contributed by atoms with Gasteiger partial charge in [0.15, 0.2) is 0 Å². The second-order valence-electron chi connectivity index (χ2n) is 6.53. The van der Waals surface area contributed by atoms with Crippen LogP contribution in [0.3, 0.4) is 0 Å². The quantitative estimate of drug-likeness (QED) is 0.617. The largest absolute Gasteiger partial charge is 0.444 e. The predicted octanol–water partition coefficient (Wildman–Crippen LogP) is 4.16. The van der Waals surface area contributed by atoms with Crippen molar-refractivity contribution in [3.8, 4) is 11.1 Å². The van der Waals surface area contributed by atoms with Crippen molar-refractivity contribution in [3.63, 3.8) is 0 Å². The number of nitrogen functional groups attached to an aromatic ring is 1. The molecular weight excluding hydrogens is 304 g/mol. The van der Waals surface area contributed by atoms with Crippen LogP contribution in [0.25, 0.3) is 22.0 Å². The maximum absolute atomic E-state index is 12.1. The highest BCUT2D eigenvalue weighted by molar-refractivity contribution is 6.05. The molecule has 0 saturated carbocycles. The van der Waals surface area contributed by atoms with Crippen molar-refractivity contribution < 1.29 is 9.53 Å². The predicted molar refractivity (Wildman–Crippen MR) is 95.8 cm³/mol. The van der Waals surface area contributed by atoms with Crippen LogP contribution in [-0.4, -0.2) is 21.7 Å². The monoisotopic (exact) mass is 324 g/mol. The molecule has 1 amide bonds. The number of anilines is 2. The summed E-state index contributed by atoms with van der Waals surface area (Å²) in [6.07, 6.45) is 2.99. The molecule has 3 rings (SSSR count). The van der Waals surface area contributed by atoms with Crippen molar-refractivity contribution in [1.29, 1.82) is 0 Å². The molecule has 0 aliphatic carbocycles. The molecule has 2 heterocycles. The van der Waals surface area contributed by atoms with E-state index < -0.39 is 11.7 Å². The Bertz CT molecular complexity index is 876. The number of aromatic nitrogens is 2. The van der Waals surface area contributed by atoms with E-state index in [1.807, 2.05) is 57.3 Å². The van der Waals surface area contributed by atoms with Gasteiger partial charge in [0.2, 0.25) is 0 Å². The first-order chi connectivity index (χ1) is 11.3. The summed E-state index contributed by atoms with van der Waals surface area (Å²) in [6, 6.07) is 9.40. The summed E-state index contributed by atoms with van der Waals surface area (Å²) in [5, 5.41) is 3.56. The summed E-state index contributed by atoms with van der Waals surface area (Å²) >= 11 is 0. The van der Waals surface area contributed by atoms with E-state index in [0.29, 0.717) is 11.5 Å². The molecule has 1 aromatic carbocycles. The molecule has 6 nitrogen and oxygen atoms in total. The minimum absolute atomic E-state index is 0.454. The van der Waals surface area contributed by atoms with E-state index in [1.165, 1.54) is 0 Å². The van der Waals surface area contributed by atoms with Gasteiger partial charge in [-0.1, -0.05) is 12.1 Å². The molecule has 0 unspecified atom stereocenters. The maximum Gasteiger partial charge on any atom is 0.413 e. The van der Waals surface area contributed by atoms with Gasteiger partial charge in [0, 0.05) is 23.6 Å². The molecule has 0 saturated heterocycles. The Hall–Kier alpha value is -3.02. The molecule has 3 aromatic rings. The number of rotatable bonds is 2. The molecule has 0 aliphatic heterocycles. The van der Waals surface area contributed by atoms with Crippen LogP contribution in [-0.2, 0) is 4.74 Å². The van der Waals surface area contributed by atoms with Gasteiger partial charge in [0.25, 0.3) is 0 Å². The van der Waals surface area contributed by atoms with Gasteiger partial charge < -0.3 is 15.5 Å². The highest BCUT2D eigenvalue weighted by Gasteiger charge is 2.19. The van der Waals surface area contributed by atoms with E-state index in [-0.39, 0.29) is 0 Å². The smallest absolute Gasteiger partial charge is 0.413 e. The fourth-order valence-electron chi connectivity index (χ4n) is 2.46. The molecule has 0 bridgehead atoms. The van der Waals surface area contributed by atoms with Crippen LogP contribution in [0.4, 0.5) is 16.3 Å². The number of carbonyl (C=O) groups is 1. The van der Waals surface area contributed by atoms with Crippen molar-refractivity contribution >= 4 is 28.5 Å². The van der Waals surface area contributed by atoms with Crippen molar-refractivity contribution in [1.82, 2.24) is 9.97 Å². The van der Waals surface area contributed by atoms with Crippen LogP contribution >= 0.6 is 0 Å². The number of carbonyl (C=O) groups excluding carboxylic acids is 1. The third-order valence-electron chi connectivity index (χ3n) is 3.43. The zero-order chi connectivity index (χ0) is 17.3. The van der Waals surface area contributed by atoms with Crippen LogP contribution in [0.1, 0.15) is 20.8 Å². The number of hydrogen-bond acceptors (Lipinski definition) is 4. The second kappa shape index (κ2) is 5.88. The average molecular weight is 324 g/mol. The normalized spacial score (nSPS) is 11.5. The van der Waals surface area contributed by atoms with Gasteiger partial charge in [-0.15, -0.1) is 0 Å². The molecule has 124 valence electrons. The van der Waals surface area contributed by atoms with Crippen LogP contribution in [0.5, 0.6) is 0 Å². The standard InChI is InChI=1S/C18H20N4O2/c1-18(2,3)24-17(23)22-16-15-13(10-21-14(15)8-9-20-16)11-4-6-12(19)7-5-11/h4-10,21H,19H2,1-3H3,(H,20,22,23). The fourth-order valence-corrected chi connectivity index (χ4v) is 2.46. The summed E-state index contributed by atoms with van der Waals surface area (Å²) in [6.45, 7) is 5.45. The van der Waals surface area contributed by atoms with Gasteiger partial charge in [0.1, 0.15) is 11.4 Å². The highest BCUT2D eigenvalue weighted by Crippen LogP contribution is 2.33. The van der Waals surface area contributed by atoms with Crippen LogP contribution in [0.2, 0.25) is 0 Å². The Kier molecular flexibility index (Phi) is 3.89. The van der Waals surface area contributed by atoms with Gasteiger partial charge in [-0.3, -0.25) is 5.32 Å². The lowest BCUT2D eigenvalue weighted by Crippen LogP contribution is -2.27. The maximum atomic E-state index is 12.1. The number of fused-ring (bicyclic) bond motifs is 1. The van der Waals surface area contributed by atoms with E-state index >= 15 is 0 Å². The summed E-state index contributed by atoms with van der Waals surface area (Å²) in [5.74, 6) is 0.454. The van der Waals surface area contributed by atoms with Crippen LogP contribution in [0.15, 0.2) is 42.7 Å². The molecule has 0 aliphatic rings. The third-order valence-corrected chi connectivity index (χ3v) is 3.43. The number of ether oxygens (including phenoxy) is 1. The van der Waals surface area contributed by atoms with Crippen molar-refractivity contribution in [2.45, 2.75) is 26.4 Å². The Morgan fingerprint density at radius 3 is 2.58 bits per heavy atom. The lowest BCUT2D eigenvalue weighted by Gasteiger charge is -2.19. The van der Waals surface area contributed by atoms with Crippen LogP contribution < -0.4 is 11.1 Å². The number of nitrogens with one attached hydrogen (secondary N) is 2.